The molecular formula is C13H19N3O2. The van der Waals surface area contributed by atoms with Crippen molar-refractivity contribution in [3.63, 3.8) is 0 Å². The standard InChI is InChI=1S/C13H19N3O2/c1-7-5-8(2)11(14)6-10(7)13(18)16-9(3)12(17)15-4/h5-6,9H,14H2,1-4H3,(H,15,17)(H,16,18). The SMILES string of the molecule is CNC(=O)C(C)NC(=O)c1cc(N)c(C)cc1C. The van der Waals surface area contributed by atoms with Crippen LogP contribution in [-0.2, 0) is 4.79 Å². The van der Waals surface area contributed by atoms with E-state index in [0.717, 1.165) is 11.1 Å². The topological polar surface area (TPSA) is 84.2 Å². The van der Waals surface area contributed by atoms with E-state index in [1.54, 1.807) is 13.0 Å². The number of hydrogen-bond donors (Lipinski definition) is 3. The molecule has 1 rings (SSSR count). The highest BCUT2D eigenvalue weighted by atomic mass is 16.2. The Labute approximate surface area is 107 Å². The summed E-state index contributed by atoms with van der Waals surface area (Å²) in [4.78, 5) is 23.3. The summed E-state index contributed by atoms with van der Waals surface area (Å²) in [5.74, 6) is -0.531. The van der Waals surface area contributed by atoms with Crippen molar-refractivity contribution >= 4 is 17.5 Å². The minimum Gasteiger partial charge on any atom is -0.398 e. The molecule has 98 valence electrons. The zero-order valence-corrected chi connectivity index (χ0v) is 11.1. The molecule has 0 fully saturated rings. The van der Waals surface area contributed by atoms with Crippen LogP contribution in [0.2, 0.25) is 0 Å². The highest BCUT2D eigenvalue weighted by Gasteiger charge is 2.17. The molecule has 1 atom stereocenters. The number of aryl methyl sites for hydroxylation is 2. The van der Waals surface area contributed by atoms with Gasteiger partial charge in [0.05, 0.1) is 0 Å². The van der Waals surface area contributed by atoms with E-state index >= 15 is 0 Å². The first-order valence-corrected chi connectivity index (χ1v) is 5.76. The number of benzene rings is 1. The van der Waals surface area contributed by atoms with E-state index in [-0.39, 0.29) is 11.8 Å². The Bertz CT molecular complexity index is 483. The molecule has 1 aromatic carbocycles. The van der Waals surface area contributed by atoms with E-state index < -0.39 is 6.04 Å². The van der Waals surface area contributed by atoms with Gasteiger partial charge in [-0.05, 0) is 38.0 Å². The molecule has 0 saturated heterocycles. The van der Waals surface area contributed by atoms with Crippen LogP contribution in [0.1, 0.15) is 28.4 Å². The zero-order chi connectivity index (χ0) is 13.9. The average Bonchev–Trinajstić information content (AvgIpc) is 2.32. The van der Waals surface area contributed by atoms with Gasteiger partial charge in [-0.1, -0.05) is 6.07 Å². The lowest BCUT2D eigenvalue weighted by Crippen LogP contribution is -2.43. The van der Waals surface area contributed by atoms with Gasteiger partial charge in [0.25, 0.3) is 5.91 Å². The van der Waals surface area contributed by atoms with Crippen LogP contribution in [-0.4, -0.2) is 24.9 Å². The summed E-state index contributed by atoms with van der Waals surface area (Å²) in [7, 11) is 1.53. The van der Waals surface area contributed by atoms with Crippen molar-refractivity contribution in [1.29, 1.82) is 0 Å². The lowest BCUT2D eigenvalue weighted by Gasteiger charge is -2.14. The van der Waals surface area contributed by atoms with Gasteiger partial charge in [-0.15, -0.1) is 0 Å². The van der Waals surface area contributed by atoms with Crippen LogP contribution < -0.4 is 16.4 Å². The zero-order valence-electron chi connectivity index (χ0n) is 11.1. The predicted octanol–water partition coefficient (Wildman–Crippen LogP) is 0.750. The van der Waals surface area contributed by atoms with Crippen molar-refractivity contribution in [3.05, 3.63) is 28.8 Å². The number of anilines is 1. The Morgan fingerprint density at radius 2 is 1.83 bits per heavy atom. The van der Waals surface area contributed by atoms with Gasteiger partial charge in [0.15, 0.2) is 0 Å². The third kappa shape index (κ3) is 3.00. The summed E-state index contributed by atoms with van der Waals surface area (Å²) >= 11 is 0. The first kappa shape index (κ1) is 14.0. The molecule has 0 aliphatic rings. The van der Waals surface area contributed by atoms with Gasteiger partial charge < -0.3 is 16.4 Å². The first-order chi connectivity index (χ1) is 8.36. The van der Waals surface area contributed by atoms with Crippen LogP contribution in [0.5, 0.6) is 0 Å². The molecule has 0 spiro atoms. The number of hydrogen-bond acceptors (Lipinski definition) is 3. The highest BCUT2D eigenvalue weighted by molar-refractivity contribution is 5.99. The minimum absolute atomic E-state index is 0.235. The molecule has 5 heteroatoms. The number of rotatable bonds is 3. The van der Waals surface area contributed by atoms with Crippen LogP contribution in [0.3, 0.4) is 0 Å². The molecule has 0 aliphatic heterocycles. The quantitative estimate of drug-likeness (QED) is 0.691. The Balaban J connectivity index is 2.91. The largest absolute Gasteiger partial charge is 0.398 e. The Morgan fingerprint density at radius 3 is 2.39 bits per heavy atom. The number of nitrogen functional groups attached to an aromatic ring is 1. The van der Waals surface area contributed by atoms with Gasteiger partial charge >= 0.3 is 0 Å². The normalized spacial score (nSPS) is 11.8. The van der Waals surface area contributed by atoms with E-state index in [9.17, 15) is 9.59 Å². The maximum absolute atomic E-state index is 12.0. The van der Waals surface area contributed by atoms with Crippen molar-refractivity contribution < 1.29 is 9.59 Å². The van der Waals surface area contributed by atoms with Crippen molar-refractivity contribution in [3.8, 4) is 0 Å². The molecule has 0 aliphatic carbocycles. The molecule has 0 aromatic heterocycles. The van der Waals surface area contributed by atoms with Crippen molar-refractivity contribution in [1.82, 2.24) is 10.6 Å². The fourth-order valence-corrected chi connectivity index (χ4v) is 1.67. The van der Waals surface area contributed by atoms with Gasteiger partial charge in [-0.2, -0.15) is 0 Å². The van der Waals surface area contributed by atoms with E-state index in [1.165, 1.54) is 7.05 Å². The Hall–Kier alpha value is -2.04. The fourth-order valence-electron chi connectivity index (χ4n) is 1.67. The van der Waals surface area contributed by atoms with Crippen LogP contribution in [0.25, 0.3) is 0 Å². The van der Waals surface area contributed by atoms with Gasteiger partial charge in [0.2, 0.25) is 5.91 Å². The third-order valence-corrected chi connectivity index (χ3v) is 2.84. The van der Waals surface area contributed by atoms with Gasteiger partial charge in [0.1, 0.15) is 6.04 Å². The third-order valence-electron chi connectivity index (χ3n) is 2.84. The lowest BCUT2D eigenvalue weighted by atomic mass is 10.0. The number of carbonyl (C=O) groups is 2. The molecule has 2 amide bonds. The molecule has 0 radical (unpaired) electrons. The summed E-state index contributed by atoms with van der Waals surface area (Å²) in [6, 6.07) is 2.91. The van der Waals surface area contributed by atoms with Crippen LogP contribution >= 0.6 is 0 Å². The molecule has 5 nitrogen and oxygen atoms in total. The molecule has 1 aromatic rings. The van der Waals surface area contributed by atoms with E-state index in [1.807, 2.05) is 19.9 Å². The maximum Gasteiger partial charge on any atom is 0.252 e. The lowest BCUT2D eigenvalue weighted by molar-refractivity contribution is -0.122. The number of carbonyl (C=O) groups excluding carboxylic acids is 2. The molecule has 0 heterocycles. The number of amides is 2. The van der Waals surface area contributed by atoms with Crippen LogP contribution in [0, 0.1) is 13.8 Å². The highest BCUT2D eigenvalue weighted by Crippen LogP contribution is 2.17. The molecule has 0 bridgehead atoms. The summed E-state index contributed by atoms with van der Waals surface area (Å²) in [6.07, 6.45) is 0. The van der Waals surface area contributed by atoms with E-state index in [0.29, 0.717) is 11.3 Å². The summed E-state index contributed by atoms with van der Waals surface area (Å²) < 4.78 is 0. The number of nitrogens with one attached hydrogen (secondary N) is 2. The van der Waals surface area contributed by atoms with Gasteiger partial charge in [-0.25, -0.2) is 0 Å². The smallest absolute Gasteiger partial charge is 0.252 e. The van der Waals surface area contributed by atoms with Gasteiger partial charge in [-0.3, -0.25) is 9.59 Å². The molecule has 1 unspecified atom stereocenters. The summed E-state index contributed by atoms with van der Waals surface area (Å²) in [5.41, 5.74) is 8.62. The second-order valence-corrected chi connectivity index (χ2v) is 4.33. The number of nitrogens with two attached hydrogens (primary N) is 1. The first-order valence-electron chi connectivity index (χ1n) is 5.76. The summed E-state index contributed by atoms with van der Waals surface area (Å²) in [5, 5.41) is 5.11. The molecule has 0 saturated carbocycles. The minimum atomic E-state index is -0.579. The van der Waals surface area contributed by atoms with Crippen LogP contribution in [0.4, 0.5) is 5.69 Å². The second-order valence-electron chi connectivity index (χ2n) is 4.33. The fraction of sp³-hybridized carbons (Fsp3) is 0.385. The summed E-state index contributed by atoms with van der Waals surface area (Å²) in [6.45, 7) is 5.35. The Morgan fingerprint density at radius 1 is 1.22 bits per heavy atom. The monoisotopic (exact) mass is 249 g/mol. The molecular weight excluding hydrogens is 230 g/mol. The van der Waals surface area contributed by atoms with Crippen molar-refractivity contribution in [2.75, 3.05) is 12.8 Å². The van der Waals surface area contributed by atoms with Crippen LogP contribution in [0.15, 0.2) is 12.1 Å². The Kier molecular flexibility index (Phi) is 4.31. The average molecular weight is 249 g/mol. The predicted molar refractivity (Wildman–Crippen MR) is 71.3 cm³/mol. The van der Waals surface area contributed by atoms with Gasteiger partial charge in [0, 0.05) is 18.3 Å². The van der Waals surface area contributed by atoms with Crippen molar-refractivity contribution in [2.24, 2.45) is 0 Å². The molecule has 18 heavy (non-hydrogen) atoms. The van der Waals surface area contributed by atoms with E-state index in [2.05, 4.69) is 10.6 Å². The van der Waals surface area contributed by atoms with E-state index in [4.69, 9.17) is 5.73 Å². The molecule has 4 N–H and O–H groups in total. The van der Waals surface area contributed by atoms with Crippen molar-refractivity contribution in [2.45, 2.75) is 26.8 Å². The maximum atomic E-state index is 12.0. The number of likely N-dealkylation sites (N-methyl/N-ethyl adjacent to an activating group) is 1. The second kappa shape index (κ2) is 5.53.